The second-order valence-electron chi connectivity index (χ2n) is 6.49. The van der Waals surface area contributed by atoms with Crippen LogP contribution in [-0.2, 0) is 21.2 Å². The summed E-state index contributed by atoms with van der Waals surface area (Å²) in [5.74, 6) is -0.211. The Morgan fingerprint density at radius 1 is 1.08 bits per heavy atom. The van der Waals surface area contributed by atoms with Gasteiger partial charge in [-0.25, -0.2) is 8.42 Å². The first-order valence-electron chi connectivity index (χ1n) is 8.64. The highest BCUT2D eigenvalue weighted by atomic mass is 32.2. The molecule has 5 nitrogen and oxygen atoms in total. The van der Waals surface area contributed by atoms with Crippen molar-refractivity contribution in [2.45, 2.75) is 33.6 Å². The number of hydrogen-bond acceptors (Lipinski definition) is 3. The van der Waals surface area contributed by atoms with Crippen molar-refractivity contribution in [3.63, 3.8) is 0 Å². The number of nitrogens with one attached hydrogen (secondary N) is 1. The molecule has 0 spiro atoms. The number of carbonyl (C=O) groups excluding carboxylic acids is 1. The summed E-state index contributed by atoms with van der Waals surface area (Å²) in [5, 5.41) is 2.85. The van der Waals surface area contributed by atoms with Gasteiger partial charge in [0.2, 0.25) is 15.9 Å². The third-order valence-corrected chi connectivity index (χ3v) is 5.27. The van der Waals surface area contributed by atoms with Crippen LogP contribution >= 0.6 is 0 Å². The van der Waals surface area contributed by atoms with E-state index in [1.165, 1.54) is 10.6 Å². The zero-order valence-corrected chi connectivity index (χ0v) is 16.6. The molecule has 2 aromatic rings. The number of para-hydroxylation sites is 1. The average molecular weight is 375 g/mol. The molecule has 0 heterocycles. The molecule has 0 aliphatic heterocycles. The van der Waals surface area contributed by atoms with Crippen molar-refractivity contribution < 1.29 is 13.2 Å². The van der Waals surface area contributed by atoms with Gasteiger partial charge in [0, 0.05) is 18.7 Å². The first-order chi connectivity index (χ1) is 12.2. The van der Waals surface area contributed by atoms with Gasteiger partial charge in [-0.2, -0.15) is 0 Å². The number of carbonyl (C=O) groups is 1. The minimum atomic E-state index is -3.48. The summed E-state index contributed by atoms with van der Waals surface area (Å²) in [4.78, 5) is 12.3. The second-order valence-corrected chi connectivity index (χ2v) is 8.40. The van der Waals surface area contributed by atoms with Crippen LogP contribution in [0.3, 0.4) is 0 Å². The van der Waals surface area contributed by atoms with Crippen LogP contribution in [0.5, 0.6) is 0 Å². The molecule has 140 valence electrons. The molecular weight excluding hydrogens is 348 g/mol. The predicted octanol–water partition coefficient (Wildman–Crippen LogP) is 3.66. The highest BCUT2D eigenvalue weighted by Gasteiger charge is 2.20. The van der Waals surface area contributed by atoms with Crippen molar-refractivity contribution in [1.29, 1.82) is 0 Å². The molecule has 0 saturated carbocycles. The van der Waals surface area contributed by atoms with E-state index >= 15 is 0 Å². The lowest BCUT2D eigenvalue weighted by Gasteiger charge is -2.24. The van der Waals surface area contributed by atoms with Crippen LogP contribution in [0.4, 0.5) is 11.4 Å². The fraction of sp³-hybridized carbons (Fsp3) is 0.350. The Morgan fingerprint density at radius 3 is 2.27 bits per heavy atom. The average Bonchev–Trinajstić information content (AvgIpc) is 2.53. The van der Waals surface area contributed by atoms with Crippen LogP contribution in [0.15, 0.2) is 42.5 Å². The van der Waals surface area contributed by atoms with Crippen LogP contribution in [0.1, 0.15) is 30.0 Å². The van der Waals surface area contributed by atoms with E-state index in [2.05, 4.69) is 5.32 Å². The number of rotatable bonds is 7. The SMILES string of the molecule is CCc1ccccc1N(CCC(=O)Nc1cc(C)cc(C)c1)S(C)(=O)=O. The van der Waals surface area contributed by atoms with Gasteiger partial charge in [0.15, 0.2) is 0 Å². The Balaban J connectivity index is 2.13. The summed E-state index contributed by atoms with van der Waals surface area (Å²) in [6.45, 7) is 6.02. The Hall–Kier alpha value is -2.34. The molecule has 1 amide bonds. The number of nitrogens with zero attached hydrogens (tertiary/aromatic N) is 1. The third kappa shape index (κ3) is 5.33. The smallest absolute Gasteiger partial charge is 0.232 e. The zero-order valence-electron chi connectivity index (χ0n) is 15.7. The Bertz CT molecular complexity index is 871. The number of benzene rings is 2. The number of anilines is 2. The number of sulfonamides is 1. The van der Waals surface area contributed by atoms with Crippen LogP contribution in [-0.4, -0.2) is 27.1 Å². The molecule has 0 unspecified atom stereocenters. The van der Waals surface area contributed by atoms with Gasteiger partial charge in [-0.15, -0.1) is 0 Å². The molecular formula is C20H26N2O3S. The Labute approximate surface area is 156 Å². The van der Waals surface area contributed by atoms with E-state index in [-0.39, 0.29) is 18.9 Å². The van der Waals surface area contributed by atoms with E-state index < -0.39 is 10.0 Å². The van der Waals surface area contributed by atoms with Gasteiger partial charge in [0.05, 0.1) is 11.9 Å². The zero-order chi connectivity index (χ0) is 19.3. The summed E-state index contributed by atoms with van der Waals surface area (Å²) in [6.07, 6.45) is 1.97. The quantitative estimate of drug-likeness (QED) is 0.804. The minimum Gasteiger partial charge on any atom is -0.326 e. The molecule has 0 aliphatic rings. The first kappa shape index (κ1) is 20.0. The molecule has 0 aromatic heterocycles. The first-order valence-corrected chi connectivity index (χ1v) is 10.5. The fourth-order valence-corrected chi connectivity index (χ4v) is 3.95. The van der Waals surface area contributed by atoms with Gasteiger partial charge in [-0.05, 0) is 55.2 Å². The largest absolute Gasteiger partial charge is 0.326 e. The second kappa shape index (κ2) is 8.36. The third-order valence-electron chi connectivity index (χ3n) is 4.09. The number of aryl methyl sites for hydroxylation is 3. The molecule has 26 heavy (non-hydrogen) atoms. The molecule has 0 fully saturated rings. The van der Waals surface area contributed by atoms with Crippen LogP contribution in [0, 0.1) is 13.8 Å². The van der Waals surface area contributed by atoms with Crippen LogP contribution in [0.25, 0.3) is 0 Å². The summed E-state index contributed by atoms with van der Waals surface area (Å²) < 4.78 is 25.8. The molecule has 0 atom stereocenters. The summed E-state index contributed by atoms with van der Waals surface area (Å²) in [7, 11) is -3.48. The normalized spacial score (nSPS) is 11.2. The van der Waals surface area contributed by atoms with E-state index in [0.29, 0.717) is 5.69 Å². The lowest BCUT2D eigenvalue weighted by Crippen LogP contribution is -2.33. The standard InChI is InChI=1S/C20H26N2O3S/c1-5-17-8-6-7-9-19(17)22(26(4,24)25)11-10-20(23)21-18-13-15(2)12-16(3)14-18/h6-9,12-14H,5,10-11H2,1-4H3,(H,21,23). The lowest BCUT2D eigenvalue weighted by atomic mass is 10.1. The van der Waals surface area contributed by atoms with E-state index in [1.807, 2.05) is 57.2 Å². The monoisotopic (exact) mass is 374 g/mol. The molecule has 6 heteroatoms. The maximum absolute atomic E-state index is 12.3. The highest BCUT2D eigenvalue weighted by molar-refractivity contribution is 7.92. The summed E-state index contributed by atoms with van der Waals surface area (Å²) in [5.41, 5.74) is 4.43. The van der Waals surface area contributed by atoms with Gasteiger partial charge in [0.1, 0.15) is 0 Å². The van der Waals surface area contributed by atoms with Gasteiger partial charge >= 0.3 is 0 Å². The predicted molar refractivity (Wildman–Crippen MR) is 107 cm³/mol. The van der Waals surface area contributed by atoms with Gasteiger partial charge in [-0.1, -0.05) is 31.2 Å². The molecule has 0 radical (unpaired) electrons. The number of amides is 1. The van der Waals surface area contributed by atoms with E-state index in [1.54, 1.807) is 6.07 Å². The van der Waals surface area contributed by atoms with E-state index in [9.17, 15) is 13.2 Å². The van der Waals surface area contributed by atoms with Crippen molar-refractivity contribution >= 4 is 27.3 Å². The fourth-order valence-electron chi connectivity index (χ4n) is 2.99. The van der Waals surface area contributed by atoms with Crippen molar-refractivity contribution in [2.75, 3.05) is 22.4 Å². The summed E-state index contributed by atoms with van der Waals surface area (Å²) >= 11 is 0. The van der Waals surface area contributed by atoms with Gasteiger partial charge in [-0.3, -0.25) is 9.10 Å². The topological polar surface area (TPSA) is 66.5 Å². The Morgan fingerprint density at radius 2 is 1.69 bits per heavy atom. The maximum Gasteiger partial charge on any atom is 0.232 e. The molecule has 2 rings (SSSR count). The van der Waals surface area contributed by atoms with E-state index in [0.717, 1.165) is 28.8 Å². The maximum atomic E-state index is 12.3. The van der Waals surface area contributed by atoms with Crippen molar-refractivity contribution in [2.24, 2.45) is 0 Å². The molecule has 0 saturated heterocycles. The van der Waals surface area contributed by atoms with Crippen molar-refractivity contribution in [1.82, 2.24) is 0 Å². The molecule has 0 bridgehead atoms. The minimum absolute atomic E-state index is 0.0815. The number of hydrogen-bond donors (Lipinski definition) is 1. The Kier molecular flexibility index (Phi) is 6.42. The van der Waals surface area contributed by atoms with Gasteiger partial charge < -0.3 is 5.32 Å². The molecule has 0 aliphatic carbocycles. The lowest BCUT2D eigenvalue weighted by molar-refractivity contribution is -0.116. The van der Waals surface area contributed by atoms with Crippen molar-refractivity contribution in [3.05, 3.63) is 59.2 Å². The molecule has 2 aromatic carbocycles. The van der Waals surface area contributed by atoms with Crippen LogP contribution in [0.2, 0.25) is 0 Å². The van der Waals surface area contributed by atoms with E-state index in [4.69, 9.17) is 0 Å². The van der Waals surface area contributed by atoms with Gasteiger partial charge in [0.25, 0.3) is 0 Å². The summed E-state index contributed by atoms with van der Waals surface area (Å²) in [6, 6.07) is 13.2. The van der Waals surface area contributed by atoms with Crippen LogP contribution < -0.4 is 9.62 Å². The highest BCUT2D eigenvalue weighted by Crippen LogP contribution is 2.24. The molecule has 1 N–H and O–H groups in total. The van der Waals surface area contributed by atoms with Crippen molar-refractivity contribution in [3.8, 4) is 0 Å².